The van der Waals surface area contributed by atoms with Crippen molar-refractivity contribution in [3.8, 4) is 5.75 Å². The molecule has 0 aliphatic heterocycles. The van der Waals surface area contributed by atoms with Crippen LogP contribution in [0.25, 0.3) is 10.9 Å². The average molecular weight is 565 g/mol. The van der Waals surface area contributed by atoms with E-state index in [1.807, 2.05) is 36.5 Å². The van der Waals surface area contributed by atoms with E-state index in [2.05, 4.69) is 82.1 Å². The van der Waals surface area contributed by atoms with Crippen molar-refractivity contribution >= 4 is 16.8 Å². The van der Waals surface area contributed by atoms with Gasteiger partial charge < -0.3 is 19.6 Å². The summed E-state index contributed by atoms with van der Waals surface area (Å²) in [6.45, 7) is 6.70. The van der Waals surface area contributed by atoms with Gasteiger partial charge in [-0.15, -0.1) is 10.2 Å². The molecule has 3 aromatic carbocycles. The summed E-state index contributed by atoms with van der Waals surface area (Å²) in [7, 11) is 1.67. The van der Waals surface area contributed by atoms with Gasteiger partial charge >= 0.3 is 0 Å². The summed E-state index contributed by atoms with van der Waals surface area (Å²) in [4.78, 5) is 18.9. The van der Waals surface area contributed by atoms with Crippen LogP contribution in [0.4, 0.5) is 0 Å². The maximum Gasteiger partial charge on any atom is 0.234 e. The Morgan fingerprint density at radius 2 is 1.67 bits per heavy atom. The number of benzene rings is 3. The summed E-state index contributed by atoms with van der Waals surface area (Å²) in [6, 6.07) is 26.4. The Labute approximate surface area is 247 Å². The molecule has 42 heavy (non-hydrogen) atoms. The van der Waals surface area contributed by atoms with Crippen LogP contribution in [0.3, 0.4) is 0 Å². The number of likely N-dealkylation sites (N-methyl/N-ethyl adjacent to an activating group) is 1. The standard InChI is InChI=1S/C34H40N6O2/c1-4-39(5-2)24-33(41)36-31(21-27-22-35-30-14-10-9-13-29(27)30)34-38-37-32(20-17-25-11-7-6-8-12-25)40(34)23-26-15-18-28(42-3)19-16-26/h6-16,18-19,22,31,35H,4-5,17,20-21,23-24H2,1-3H3,(H,36,41)/t31-/m1/s1. The summed E-state index contributed by atoms with van der Waals surface area (Å²) in [6.07, 6.45) is 4.21. The first-order valence-corrected chi connectivity index (χ1v) is 14.7. The number of fused-ring (bicyclic) bond motifs is 1. The highest BCUT2D eigenvalue weighted by molar-refractivity contribution is 5.83. The van der Waals surface area contributed by atoms with Gasteiger partial charge in [-0.1, -0.05) is 74.5 Å². The lowest BCUT2D eigenvalue weighted by molar-refractivity contribution is -0.123. The molecule has 0 saturated carbocycles. The topological polar surface area (TPSA) is 88.1 Å². The number of nitrogens with zero attached hydrogens (tertiary/aromatic N) is 4. The molecule has 8 nitrogen and oxygen atoms in total. The maximum atomic E-state index is 13.4. The minimum atomic E-state index is -0.358. The molecule has 1 atom stereocenters. The van der Waals surface area contributed by atoms with Crippen LogP contribution in [-0.4, -0.2) is 57.3 Å². The SMILES string of the molecule is CCN(CC)CC(=O)N[C@H](Cc1c[nH]c2ccccc12)c1nnc(CCc2ccccc2)n1Cc1ccc(OC)cc1. The summed E-state index contributed by atoms with van der Waals surface area (Å²) in [5, 5.41) is 13.9. The van der Waals surface area contributed by atoms with E-state index in [9.17, 15) is 4.79 Å². The number of carbonyl (C=O) groups is 1. The van der Waals surface area contributed by atoms with Gasteiger partial charge in [-0.05, 0) is 54.4 Å². The van der Waals surface area contributed by atoms with Gasteiger partial charge in [-0.2, -0.15) is 0 Å². The minimum absolute atomic E-state index is 0.0200. The Kier molecular flexibility index (Phi) is 9.66. The summed E-state index contributed by atoms with van der Waals surface area (Å²) >= 11 is 0. The molecule has 1 amide bonds. The average Bonchev–Trinajstić information content (AvgIpc) is 3.63. The zero-order chi connectivity index (χ0) is 29.3. The largest absolute Gasteiger partial charge is 0.497 e. The Morgan fingerprint density at radius 1 is 0.929 bits per heavy atom. The lowest BCUT2D eigenvalue weighted by Crippen LogP contribution is -2.40. The van der Waals surface area contributed by atoms with E-state index in [1.54, 1.807) is 7.11 Å². The first-order chi connectivity index (χ1) is 20.6. The molecule has 0 saturated heterocycles. The van der Waals surface area contributed by atoms with Crippen molar-refractivity contribution in [2.75, 3.05) is 26.7 Å². The van der Waals surface area contributed by atoms with Gasteiger partial charge in [0.05, 0.1) is 26.2 Å². The van der Waals surface area contributed by atoms with Gasteiger partial charge in [0, 0.05) is 29.9 Å². The van der Waals surface area contributed by atoms with E-state index in [-0.39, 0.29) is 11.9 Å². The number of aryl methyl sites for hydroxylation is 2. The van der Waals surface area contributed by atoms with Crippen LogP contribution >= 0.6 is 0 Å². The van der Waals surface area contributed by atoms with Crippen molar-refractivity contribution in [3.05, 3.63) is 113 Å². The zero-order valence-corrected chi connectivity index (χ0v) is 24.7. The second kappa shape index (κ2) is 14.0. The number of methoxy groups -OCH3 is 1. The summed E-state index contributed by atoms with van der Waals surface area (Å²) in [5.74, 6) is 2.44. The van der Waals surface area contributed by atoms with Crippen LogP contribution < -0.4 is 10.1 Å². The first-order valence-electron chi connectivity index (χ1n) is 14.7. The van der Waals surface area contributed by atoms with Gasteiger partial charge in [-0.3, -0.25) is 9.69 Å². The van der Waals surface area contributed by atoms with E-state index in [1.165, 1.54) is 5.56 Å². The number of amides is 1. The van der Waals surface area contributed by atoms with E-state index < -0.39 is 0 Å². The number of para-hydroxylation sites is 1. The van der Waals surface area contributed by atoms with E-state index in [0.29, 0.717) is 19.5 Å². The highest BCUT2D eigenvalue weighted by atomic mass is 16.5. The fourth-order valence-electron chi connectivity index (χ4n) is 5.40. The number of hydrogen-bond acceptors (Lipinski definition) is 5. The second-order valence-electron chi connectivity index (χ2n) is 10.5. The molecule has 0 spiro atoms. The van der Waals surface area contributed by atoms with E-state index in [4.69, 9.17) is 14.9 Å². The number of hydrogen-bond donors (Lipinski definition) is 2. The number of nitrogens with one attached hydrogen (secondary N) is 2. The molecule has 5 aromatic rings. The third-order valence-electron chi connectivity index (χ3n) is 7.84. The van der Waals surface area contributed by atoms with Crippen LogP contribution in [0.15, 0.2) is 85.1 Å². The predicted molar refractivity (Wildman–Crippen MR) is 167 cm³/mol. The van der Waals surface area contributed by atoms with Gasteiger partial charge in [0.25, 0.3) is 0 Å². The molecule has 5 rings (SSSR count). The monoisotopic (exact) mass is 564 g/mol. The molecule has 2 aromatic heterocycles. The van der Waals surface area contributed by atoms with Crippen molar-refractivity contribution < 1.29 is 9.53 Å². The van der Waals surface area contributed by atoms with Crippen LogP contribution in [0, 0.1) is 0 Å². The fraction of sp³-hybridized carbons (Fsp3) is 0.324. The molecule has 0 fully saturated rings. The number of carbonyl (C=O) groups excluding carboxylic acids is 1. The highest BCUT2D eigenvalue weighted by Gasteiger charge is 2.25. The zero-order valence-electron chi connectivity index (χ0n) is 24.7. The first kappa shape index (κ1) is 29.1. The smallest absolute Gasteiger partial charge is 0.234 e. The molecule has 0 radical (unpaired) electrons. The van der Waals surface area contributed by atoms with Crippen LogP contribution in [-0.2, 0) is 30.6 Å². The Balaban J connectivity index is 1.51. The third-order valence-corrected chi connectivity index (χ3v) is 7.84. The third kappa shape index (κ3) is 7.06. The number of ether oxygens (including phenoxy) is 1. The molecule has 2 N–H and O–H groups in total. The molecule has 0 aliphatic rings. The lowest BCUT2D eigenvalue weighted by Gasteiger charge is -2.23. The molecule has 8 heteroatoms. The van der Waals surface area contributed by atoms with Crippen molar-refractivity contribution in [2.45, 2.75) is 45.7 Å². The van der Waals surface area contributed by atoms with Gasteiger partial charge in [-0.25, -0.2) is 0 Å². The van der Waals surface area contributed by atoms with Gasteiger partial charge in [0.2, 0.25) is 5.91 Å². The van der Waals surface area contributed by atoms with Crippen molar-refractivity contribution in [2.24, 2.45) is 0 Å². The van der Waals surface area contributed by atoms with Crippen molar-refractivity contribution in [1.82, 2.24) is 30.0 Å². The van der Waals surface area contributed by atoms with Crippen molar-refractivity contribution in [3.63, 3.8) is 0 Å². The number of rotatable bonds is 14. The maximum absolute atomic E-state index is 13.4. The molecule has 2 heterocycles. The van der Waals surface area contributed by atoms with Crippen LogP contribution in [0.2, 0.25) is 0 Å². The summed E-state index contributed by atoms with van der Waals surface area (Å²) < 4.78 is 7.56. The van der Waals surface area contributed by atoms with Gasteiger partial charge in [0.15, 0.2) is 5.82 Å². The second-order valence-corrected chi connectivity index (χ2v) is 10.5. The van der Waals surface area contributed by atoms with E-state index in [0.717, 1.165) is 65.4 Å². The molecular formula is C34H40N6O2. The molecule has 0 aliphatic carbocycles. The highest BCUT2D eigenvalue weighted by Crippen LogP contribution is 2.26. The Hall–Kier alpha value is -4.43. The molecule has 218 valence electrons. The van der Waals surface area contributed by atoms with Gasteiger partial charge in [0.1, 0.15) is 11.6 Å². The lowest BCUT2D eigenvalue weighted by atomic mass is 10.0. The fourth-order valence-corrected chi connectivity index (χ4v) is 5.40. The Bertz CT molecular complexity index is 1570. The number of H-pyrrole nitrogens is 1. The van der Waals surface area contributed by atoms with Crippen LogP contribution in [0.1, 0.15) is 48.2 Å². The van der Waals surface area contributed by atoms with Crippen molar-refractivity contribution in [1.29, 1.82) is 0 Å². The normalized spacial score (nSPS) is 12.1. The summed E-state index contributed by atoms with van der Waals surface area (Å²) in [5.41, 5.74) is 4.56. The predicted octanol–water partition coefficient (Wildman–Crippen LogP) is 5.34. The molecular weight excluding hydrogens is 524 g/mol. The Morgan fingerprint density at radius 3 is 2.40 bits per heavy atom. The number of aromatic amines is 1. The molecule has 0 unspecified atom stereocenters. The number of aromatic nitrogens is 4. The minimum Gasteiger partial charge on any atom is -0.497 e. The molecule has 0 bridgehead atoms. The van der Waals surface area contributed by atoms with Crippen LogP contribution in [0.5, 0.6) is 5.75 Å². The van der Waals surface area contributed by atoms with E-state index >= 15 is 0 Å². The quantitative estimate of drug-likeness (QED) is 0.190.